The maximum atomic E-state index is 9.69. The molecule has 1 aromatic heterocycles. The number of ether oxygens (including phenoxy) is 2. The van der Waals surface area contributed by atoms with Crippen molar-refractivity contribution in [1.29, 1.82) is 0 Å². The van der Waals surface area contributed by atoms with Crippen molar-refractivity contribution in [3.8, 4) is 23.0 Å². The van der Waals surface area contributed by atoms with Gasteiger partial charge in [-0.3, -0.25) is 0 Å². The van der Waals surface area contributed by atoms with E-state index in [1.54, 1.807) is 7.11 Å². The van der Waals surface area contributed by atoms with Gasteiger partial charge in [-0.2, -0.15) is 4.98 Å². The number of methoxy groups -OCH3 is 1. The Bertz CT molecular complexity index is 555. The molecule has 20 heavy (non-hydrogen) atoms. The van der Waals surface area contributed by atoms with Crippen molar-refractivity contribution >= 4 is 0 Å². The predicted octanol–water partition coefficient (Wildman–Crippen LogP) is 1.35. The fraction of sp³-hybridized carbons (Fsp3) is 0.385. The van der Waals surface area contributed by atoms with Crippen molar-refractivity contribution in [2.75, 3.05) is 26.9 Å². The molecule has 0 spiro atoms. The lowest BCUT2D eigenvalue weighted by molar-refractivity contribution is 0.0714. The van der Waals surface area contributed by atoms with Crippen molar-refractivity contribution in [3.63, 3.8) is 0 Å². The number of nitrogens with zero attached hydrogens (tertiary/aromatic N) is 2. The molecule has 0 fully saturated rings. The Hall–Kier alpha value is -2.12. The van der Waals surface area contributed by atoms with Gasteiger partial charge >= 0.3 is 0 Å². The number of phenolic OH excluding ortho intramolecular Hbond substituents is 2. The molecule has 2 rings (SSSR count). The Morgan fingerprint density at radius 2 is 2.05 bits per heavy atom. The van der Waals surface area contributed by atoms with E-state index >= 15 is 0 Å². The molecule has 0 saturated carbocycles. The topological polar surface area (TPSA) is 97.8 Å². The second-order valence-corrected chi connectivity index (χ2v) is 4.07. The molecule has 2 aromatic rings. The highest BCUT2D eigenvalue weighted by molar-refractivity contribution is 5.64. The van der Waals surface area contributed by atoms with Crippen LogP contribution in [0.25, 0.3) is 11.5 Å². The first-order valence-corrected chi connectivity index (χ1v) is 6.12. The normalized spacial score (nSPS) is 10.8. The van der Waals surface area contributed by atoms with E-state index < -0.39 is 0 Å². The second kappa shape index (κ2) is 6.88. The van der Waals surface area contributed by atoms with Gasteiger partial charge in [-0.05, 0) is 18.2 Å². The molecule has 7 nitrogen and oxygen atoms in total. The Morgan fingerprint density at radius 1 is 1.20 bits per heavy atom. The molecule has 0 saturated heterocycles. The van der Waals surface area contributed by atoms with Crippen LogP contribution in [0.3, 0.4) is 0 Å². The molecular formula is C13H16N2O5. The average Bonchev–Trinajstić information content (AvgIpc) is 2.90. The molecule has 7 heteroatoms. The molecule has 2 N–H and O–H groups in total. The zero-order valence-electron chi connectivity index (χ0n) is 11.1. The molecule has 0 aliphatic heterocycles. The molecule has 0 aliphatic rings. The van der Waals surface area contributed by atoms with Gasteiger partial charge in [0.05, 0.1) is 25.4 Å². The number of rotatable bonds is 7. The first-order chi connectivity index (χ1) is 9.70. The Kier molecular flexibility index (Phi) is 4.91. The lowest BCUT2D eigenvalue weighted by Crippen LogP contribution is -2.05. The van der Waals surface area contributed by atoms with Crippen LogP contribution < -0.4 is 0 Å². The number of aromatic nitrogens is 2. The highest BCUT2D eigenvalue weighted by Gasteiger charge is 2.13. The van der Waals surface area contributed by atoms with Crippen molar-refractivity contribution < 1.29 is 24.2 Å². The van der Waals surface area contributed by atoms with Crippen LogP contribution >= 0.6 is 0 Å². The molecule has 1 heterocycles. The summed E-state index contributed by atoms with van der Waals surface area (Å²) in [5.41, 5.74) is 0.295. The second-order valence-electron chi connectivity index (χ2n) is 4.07. The molecule has 1 aromatic carbocycles. The third-order valence-electron chi connectivity index (χ3n) is 2.58. The molecule has 0 aliphatic carbocycles. The van der Waals surface area contributed by atoms with E-state index in [2.05, 4.69) is 10.1 Å². The predicted molar refractivity (Wildman–Crippen MR) is 69.5 cm³/mol. The van der Waals surface area contributed by atoms with Crippen LogP contribution in [0.15, 0.2) is 22.7 Å². The van der Waals surface area contributed by atoms with Gasteiger partial charge in [0.15, 0.2) is 5.82 Å². The van der Waals surface area contributed by atoms with E-state index in [0.717, 1.165) is 0 Å². The first-order valence-electron chi connectivity index (χ1n) is 6.12. The number of hydrogen-bond acceptors (Lipinski definition) is 7. The zero-order valence-corrected chi connectivity index (χ0v) is 11.1. The van der Waals surface area contributed by atoms with Crippen LogP contribution in [0.2, 0.25) is 0 Å². The van der Waals surface area contributed by atoms with Crippen LogP contribution in [-0.4, -0.2) is 47.3 Å². The number of phenols is 2. The van der Waals surface area contributed by atoms with E-state index in [9.17, 15) is 10.2 Å². The largest absolute Gasteiger partial charge is 0.508 e. The SMILES string of the molecule is COCCOCCc1noc(-c2cc(O)ccc2O)n1. The quantitative estimate of drug-likeness (QED) is 0.583. The summed E-state index contributed by atoms with van der Waals surface area (Å²) in [4.78, 5) is 4.14. The lowest BCUT2D eigenvalue weighted by Gasteiger charge is -2.00. The summed E-state index contributed by atoms with van der Waals surface area (Å²) in [5.74, 6) is 0.611. The third-order valence-corrected chi connectivity index (χ3v) is 2.58. The average molecular weight is 280 g/mol. The lowest BCUT2D eigenvalue weighted by atomic mass is 10.2. The van der Waals surface area contributed by atoms with Gasteiger partial charge in [-0.25, -0.2) is 0 Å². The van der Waals surface area contributed by atoms with Crippen LogP contribution in [0.4, 0.5) is 0 Å². The van der Waals surface area contributed by atoms with Crippen LogP contribution in [0.5, 0.6) is 11.5 Å². The van der Waals surface area contributed by atoms with E-state index in [-0.39, 0.29) is 17.4 Å². The van der Waals surface area contributed by atoms with E-state index in [1.165, 1.54) is 18.2 Å². The van der Waals surface area contributed by atoms with Crippen molar-refractivity contribution in [1.82, 2.24) is 10.1 Å². The summed E-state index contributed by atoms with van der Waals surface area (Å²) in [7, 11) is 1.61. The Labute approximate surface area is 115 Å². The Morgan fingerprint density at radius 3 is 2.85 bits per heavy atom. The van der Waals surface area contributed by atoms with E-state index in [0.29, 0.717) is 37.6 Å². The number of benzene rings is 1. The van der Waals surface area contributed by atoms with E-state index in [1.807, 2.05) is 0 Å². The first kappa shape index (κ1) is 14.3. The maximum Gasteiger partial charge on any atom is 0.261 e. The van der Waals surface area contributed by atoms with Gasteiger partial charge in [-0.1, -0.05) is 5.16 Å². The summed E-state index contributed by atoms with van der Waals surface area (Å²) < 4.78 is 15.2. The Balaban J connectivity index is 1.96. The van der Waals surface area contributed by atoms with Crippen molar-refractivity contribution in [2.24, 2.45) is 0 Å². The van der Waals surface area contributed by atoms with Gasteiger partial charge in [0, 0.05) is 13.5 Å². The maximum absolute atomic E-state index is 9.69. The number of hydrogen-bond donors (Lipinski definition) is 2. The highest BCUT2D eigenvalue weighted by Crippen LogP contribution is 2.30. The molecule has 0 radical (unpaired) electrons. The zero-order chi connectivity index (χ0) is 14.4. The highest BCUT2D eigenvalue weighted by atomic mass is 16.5. The van der Waals surface area contributed by atoms with Crippen LogP contribution in [0, 0.1) is 0 Å². The number of aromatic hydroxyl groups is 2. The summed E-state index contributed by atoms with van der Waals surface area (Å²) in [6, 6.07) is 4.10. The van der Waals surface area contributed by atoms with Gasteiger partial charge in [-0.15, -0.1) is 0 Å². The smallest absolute Gasteiger partial charge is 0.261 e. The van der Waals surface area contributed by atoms with Gasteiger partial charge in [0.25, 0.3) is 5.89 Å². The summed E-state index contributed by atoms with van der Waals surface area (Å²) in [5, 5.41) is 22.9. The summed E-state index contributed by atoms with van der Waals surface area (Å²) in [6.07, 6.45) is 0.493. The molecule has 108 valence electrons. The monoisotopic (exact) mass is 280 g/mol. The molecule has 0 bridgehead atoms. The van der Waals surface area contributed by atoms with Crippen molar-refractivity contribution in [3.05, 3.63) is 24.0 Å². The fourth-order valence-corrected chi connectivity index (χ4v) is 1.57. The third kappa shape index (κ3) is 3.69. The van der Waals surface area contributed by atoms with Crippen LogP contribution in [0.1, 0.15) is 5.82 Å². The molecule has 0 amide bonds. The summed E-state index contributed by atoms with van der Waals surface area (Å²) >= 11 is 0. The minimum atomic E-state index is -0.0330. The minimum absolute atomic E-state index is 0.0143. The standard InChI is InChI=1S/C13H16N2O5/c1-18-6-7-19-5-4-12-14-13(20-15-12)10-8-9(16)2-3-11(10)17/h2-3,8,16-17H,4-7H2,1H3. The molecule has 0 atom stereocenters. The van der Waals surface area contributed by atoms with Crippen molar-refractivity contribution in [2.45, 2.75) is 6.42 Å². The minimum Gasteiger partial charge on any atom is -0.508 e. The fourth-order valence-electron chi connectivity index (χ4n) is 1.57. The summed E-state index contributed by atoms with van der Waals surface area (Å²) in [6.45, 7) is 1.50. The molecule has 0 unspecified atom stereocenters. The van der Waals surface area contributed by atoms with Gasteiger partial charge in [0.2, 0.25) is 0 Å². The van der Waals surface area contributed by atoms with Gasteiger partial charge in [0.1, 0.15) is 11.5 Å². The van der Waals surface area contributed by atoms with Gasteiger partial charge < -0.3 is 24.2 Å². The van der Waals surface area contributed by atoms with E-state index in [4.69, 9.17) is 14.0 Å². The molecular weight excluding hydrogens is 264 g/mol. The van der Waals surface area contributed by atoms with Crippen LogP contribution in [-0.2, 0) is 15.9 Å².